The molecule has 0 bridgehead atoms. The Balaban J connectivity index is 1.63. The van der Waals surface area contributed by atoms with Gasteiger partial charge in [0.25, 0.3) is 11.5 Å². The van der Waals surface area contributed by atoms with Gasteiger partial charge in [0.05, 0.1) is 6.20 Å². The van der Waals surface area contributed by atoms with Gasteiger partial charge in [-0.3, -0.25) is 9.59 Å². The summed E-state index contributed by atoms with van der Waals surface area (Å²) in [5.74, 6) is 0.696. The predicted octanol–water partition coefficient (Wildman–Crippen LogP) is 1.69. The molecule has 1 amide bonds. The maximum Gasteiger partial charge on any atom is 0.274 e. The highest BCUT2D eigenvalue weighted by Crippen LogP contribution is 2.23. The minimum Gasteiger partial charge on any atom is -0.396 e. The number of rotatable bonds is 8. The number of likely N-dealkylation sites (tertiary alicyclic amines) is 1. The fourth-order valence-corrected chi connectivity index (χ4v) is 4.14. The molecule has 188 valence electrons. The lowest BCUT2D eigenvalue weighted by molar-refractivity contribution is 0.0912. The Morgan fingerprint density at radius 2 is 2.03 bits per heavy atom. The molecule has 4 heterocycles. The number of hydrogen-bond donors (Lipinski definition) is 4. The van der Waals surface area contributed by atoms with Crippen LogP contribution in [0.2, 0.25) is 0 Å². The quantitative estimate of drug-likeness (QED) is 0.382. The summed E-state index contributed by atoms with van der Waals surface area (Å²) < 4.78 is 3.34. The van der Waals surface area contributed by atoms with Gasteiger partial charge in [0.2, 0.25) is 0 Å². The van der Waals surface area contributed by atoms with Crippen LogP contribution in [-0.2, 0) is 0 Å². The predicted molar refractivity (Wildman–Crippen MR) is 135 cm³/mol. The summed E-state index contributed by atoms with van der Waals surface area (Å²) in [5.41, 5.74) is 0.518. The molecular weight excluding hydrogens is 448 g/mol. The zero-order valence-corrected chi connectivity index (χ0v) is 20.7. The van der Waals surface area contributed by atoms with E-state index >= 15 is 0 Å². The lowest BCUT2D eigenvalue weighted by Crippen LogP contribution is -2.36. The van der Waals surface area contributed by atoms with Crippen molar-refractivity contribution in [2.24, 2.45) is 5.41 Å². The van der Waals surface area contributed by atoms with Crippen LogP contribution in [0, 0.1) is 5.41 Å². The fourth-order valence-electron chi connectivity index (χ4n) is 4.14. The molecule has 0 spiro atoms. The molecule has 1 saturated heterocycles. The van der Waals surface area contributed by atoms with Crippen LogP contribution in [0.5, 0.6) is 0 Å². The Bertz CT molecular complexity index is 1260. The van der Waals surface area contributed by atoms with E-state index in [1.807, 2.05) is 26.1 Å². The van der Waals surface area contributed by atoms with Crippen molar-refractivity contribution in [2.75, 3.05) is 51.0 Å². The van der Waals surface area contributed by atoms with Crippen LogP contribution in [0.25, 0.3) is 5.65 Å². The van der Waals surface area contributed by atoms with Crippen molar-refractivity contribution >= 4 is 28.9 Å². The van der Waals surface area contributed by atoms with Crippen LogP contribution in [0.15, 0.2) is 35.4 Å². The van der Waals surface area contributed by atoms with Crippen LogP contribution >= 0.6 is 0 Å². The largest absolute Gasteiger partial charge is 0.396 e. The summed E-state index contributed by atoms with van der Waals surface area (Å²) in [6.07, 6.45) is 5.15. The zero-order valence-electron chi connectivity index (χ0n) is 20.7. The van der Waals surface area contributed by atoms with E-state index in [0.717, 1.165) is 25.9 Å². The van der Waals surface area contributed by atoms with E-state index in [0.29, 0.717) is 35.1 Å². The molecule has 1 aliphatic heterocycles. The van der Waals surface area contributed by atoms with Gasteiger partial charge < -0.3 is 30.5 Å². The first kappa shape index (κ1) is 24.7. The van der Waals surface area contributed by atoms with Crippen molar-refractivity contribution in [1.82, 2.24) is 29.4 Å². The average Bonchev–Trinajstić information content (AvgIpc) is 3.28. The molecule has 0 aliphatic carbocycles. The van der Waals surface area contributed by atoms with Crippen LogP contribution in [-0.4, -0.2) is 75.4 Å². The molecular formula is C24H34N8O3. The van der Waals surface area contributed by atoms with Gasteiger partial charge in [0, 0.05) is 43.9 Å². The number of pyridine rings is 1. The van der Waals surface area contributed by atoms with Gasteiger partial charge in [-0.1, -0.05) is 13.8 Å². The molecule has 0 saturated carbocycles. The summed E-state index contributed by atoms with van der Waals surface area (Å²) in [4.78, 5) is 33.0. The molecule has 35 heavy (non-hydrogen) atoms. The maximum absolute atomic E-state index is 13.2. The van der Waals surface area contributed by atoms with Crippen molar-refractivity contribution in [3.05, 3.63) is 46.5 Å². The fraction of sp³-hybridized carbons (Fsp3) is 0.500. The van der Waals surface area contributed by atoms with E-state index in [1.54, 1.807) is 28.3 Å². The highest BCUT2D eigenvalue weighted by atomic mass is 16.3. The summed E-state index contributed by atoms with van der Waals surface area (Å²) in [5, 5.41) is 22.8. The van der Waals surface area contributed by atoms with Gasteiger partial charge in [-0.2, -0.15) is 9.61 Å². The normalized spacial score (nSPS) is 15.3. The first-order valence-corrected chi connectivity index (χ1v) is 11.8. The number of hydrogen-bond acceptors (Lipinski definition) is 8. The van der Waals surface area contributed by atoms with E-state index < -0.39 is 5.41 Å². The number of amides is 1. The van der Waals surface area contributed by atoms with E-state index in [-0.39, 0.29) is 24.1 Å². The summed E-state index contributed by atoms with van der Waals surface area (Å²) in [7, 11) is 3.84. The molecule has 0 radical (unpaired) electrons. The number of anilines is 3. The monoisotopic (exact) mass is 482 g/mol. The maximum atomic E-state index is 13.2. The van der Waals surface area contributed by atoms with Crippen LogP contribution in [0.1, 0.15) is 43.1 Å². The number of aliphatic hydroxyl groups is 1. The Kier molecular flexibility index (Phi) is 7.08. The SMILES string of the molecule is CNc1cc(Nc2cccn(C3CCN(C)CC3)c2=O)nc2c(C(=O)NCC(C)(C)CO)cnn12. The molecule has 1 fully saturated rings. The number of aromatic nitrogens is 4. The van der Waals surface area contributed by atoms with Gasteiger partial charge in [0.1, 0.15) is 22.9 Å². The summed E-state index contributed by atoms with van der Waals surface area (Å²) >= 11 is 0. The lowest BCUT2D eigenvalue weighted by atomic mass is 9.95. The van der Waals surface area contributed by atoms with E-state index in [4.69, 9.17) is 0 Å². The smallest absolute Gasteiger partial charge is 0.274 e. The molecule has 0 unspecified atom stereocenters. The topological polar surface area (TPSA) is 129 Å². The third kappa shape index (κ3) is 5.30. The van der Waals surface area contributed by atoms with E-state index in [1.165, 1.54) is 6.20 Å². The van der Waals surface area contributed by atoms with E-state index in [9.17, 15) is 14.7 Å². The highest BCUT2D eigenvalue weighted by Gasteiger charge is 2.22. The third-order valence-corrected chi connectivity index (χ3v) is 6.45. The molecule has 1 aliphatic rings. The van der Waals surface area contributed by atoms with Crippen LogP contribution in [0.4, 0.5) is 17.3 Å². The number of fused-ring (bicyclic) bond motifs is 1. The number of carbonyl (C=O) groups excluding carboxylic acids is 1. The minimum atomic E-state index is -0.449. The standard InChI is InChI=1S/C24H34N8O3/c1-24(2,15-33)14-26-22(34)17-13-27-32-20(25-3)12-19(29-21(17)32)28-18-6-5-9-31(23(18)35)16-7-10-30(4)11-8-16/h5-6,9,12-13,16,25,33H,7-8,10-11,14-15H2,1-4H3,(H,26,34)(H,28,29). The first-order valence-electron chi connectivity index (χ1n) is 11.8. The molecule has 11 heteroatoms. The first-order chi connectivity index (χ1) is 16.7. The van der Waals surface area contributed by atoms with Crippen molar-refractivity contribution in [2.45, 2.75) is 32.7 Å². The van der Waals surface area contributed by atoms with Crippen LogP contribution < -0.4 is 21.5 Å². The summed E-state index contributed by atoms with van der Waals surface area (Å²) in [6.45, 7) is 5.89. The number of aliphatic hydroxyl groups excluding tert-OH is 1. The molecule has 11 nitrogen and oxygen atoms in total. The Hall–Kier alpha value is -3.44. The molecule has 3 aromatic heterocycles. The number of carbonyl (C=O) groups is 1. The van der Waals surface area contributed by atoms with Gasteiger partial charge in [-0.05, 0) is 45.1 Å². The Morgan fingerprint density at radius 1 is 1.29 bits per heavy atom. The zero-order chi connectivity index (χ0) is 25.2. The number of piperidine rings is 1. The van der Waals surface area contributed by atoms with E-state index in [2.05, 4.69) is 38.0 Å². The Labute approximate surface area is 204 Å². The molecule has 0 atom stereocenters. The van der Waals surface area contributed by atoms with Crippen LogP contribution in [0.3, 0.4) is 0 Å². The molecule has 4 rings (SSSR count). The second-order valence-electron chi connectivity index (χ2n) is 9.87. The van der Waals surface area contributed by atoms with Gasteiger partial charge >= 0.3 is 0 Å². The Morgan fingerprint density at radius 3 is 2.71 bits per heavy atom. The highest BCUT2D eigenvalue weighted by molar-refractivity contribution is 6.00. The van der Waals surface area contributed by atoms with Crippen molar-refractivity contribution in [3.8, 4) is 0 Å². The second-order valence-corrected chi connectivity index (χ2v) is 9.87. The number of nitrogens with one attached hydrogen (secondary N) is 3. The van der Waals surface area contributed by atoms with Crippen molar-refractivity contribution in [1.29, 1.82) is 0 Å². The third-order valence-electron chi connectivity index (χ3n) is 6.45. The van der Waals surface area contributed by atoms with Crippen molar-refractivity contribution < 1.29 is 9.90 Å². The van der Waals surface area contributed by atoms with Crippen molar-refractivity contribution in [3.63, 3.8) is 0 Å². The second kappa shape index (κ2) is 10.0. The van der Waals surface area contributed by atoms with Gasteiger partial charge in [-0.15, -0.1) is 0 Å². The number of nitrogens with zero attached hydrogens (tertiary/aromatic N) is 5. The molecule has 4 N–H and O–H groups in total. The molecule has 0 aromatic carbocycles. The molecule has 3 aromatic rings. The lowest BCUT2D eigenvalue weighted by Gasteiger charge is -2.30. The minimum absolute atomic E-state index is 0.0512. The van der Waals surface area contributed by atoms with Gasteiger partial charge in [0.15, 0.2) is 5.65 Å². The average molecular weight is 483 g/mol. The summed E-state index contributed by atoms with van der Waals surface area (Å²) in [6, 6.07) is 5.50. The van der Waals surface area contributed by atoms with Gasteiger partial charge in [-0.25, -0.2) is 4.98 Å².